The van der Waals surface area contributed by atoms with Crippen molar-refractivity contribution in [2.75, 3.05) is 38.2 Å². The Bertz CT molecular complexity index is 1410. The zero-order valence-corrected chi connectivity index (χ0v) is 19.3. The number of nitrogens with zero attached hydrogens (tertiary/aromatic N) is 2. The van der Waals surface area contributed by atoms with Crippen molar-refractivity contribution in [2.24, 2.45) is 0 Å². The molecule has 3 aromatic rings. The van der Waals surface area contributed by atoms with Gasteiger partial charge in [-0.05, 0) is 35.9 Å². The molecule has 10 nitrogen and oxygen atoms in total. The number of nitrogens with one attached hydrogen (secondary N) is 1. The van der Waals surface area contributed by atoms with Crippen LogP contribution < -0.4 is 5.32 Å². The van der Waals surface area contributed by atoms with Crippen LogP contribution in [0.15, 0.2) is 63.9 Å². The molecular weight excluding hydrogens is 474 g/mol. The number of fused-ring (bicyclic) bond motifs is 1. The van der Waals surface area contributed by atoms with Gasteiger partial charge in [-0.1, -0.05) is 24.3 Å². The molecule has 11 heteroatoms. The number of nitriles is 1. The Hall–Kier alpha value is -3.98. The van der Waals surface area contributed by atoms with Gasteiger partial charge in [0, 0.05) is 24.6 Å². The molecule has 1 aliphatic rings. The van der Waals surface area contributed by atoms with E-state index in [4.69, 9.17) is 13.9 Å². The second-order valence-corrected chi connectivity index (χ2v) is 9.43. The van der Waals surface area contributed by atoms with Gasteiger partial charge in [-0.15, -0.1) is 0 Å². The van der Waals surface area contributed by atoms with Crippen LogP contribution in [0.3, 0.4) is 0 Å². The van der Waals surface area contributed by atoms with Crippen molar-refractivity contribution in [1.82, 2.24) is 4.31 Å². The van der Waals surface area contributed by atoms with Crippen LogP contribution in [-0.2, 0) is 29.1 Å². The lowest BCUT2D eigenvalue weighted by molar-refractivity contribution is -0.142. The standard InChI is InChI=1S/C24H21N3O7S/c25-15-21-24(19-3-1-2-4-20(19)34-21)26-22(28)16-33-23(29)10-7-17-5-8-18(9-6-17)35(30,31)27-11-13-32-14-12-27/h1-10H,11-14,16H2,(H,26,28)/b10-7+. The highest BCUT2D eigenvalue weighted by Gasteiger charge is 2.26. The summed E-state index contributed by atoms with van der Waals surface area (Å²) in [5, 5.41) is 12.3. The highest BCUT2D eigenvalue weighted by Crippen LogP contribution is 2.30. The molecule has 1 amide bonds. The van der Waals surface area contributed by atoms with Crippen molar-refractivity contribution < 1.29 is 31.9 Å². The molecule has 0 bridgehead atoms. The number of amides is 1. The van der Waals surface area contributed by atoms with Crippen molar-refractivity contribution in [1.29, 1.82) is 5.26 Å². The second kappa shape index (κ2) is 10.5. The number of hydrogen-bond donors (Lipinski definition) is 1. The molecule has 0 aliphatic carbocycles. The van der Waals surface area contributed by atoms with Gasteiger partial charge in [0.1, 0.15) is 17.3 Å². The summed E-state index contributed by atoms with van der Waals surface area (Å²) in [6.45, 7) is 0.761. The number of benzene rings is 2. The number of ether oxygens (including phenoxy) is 2. The molecule has 1 N–H and O–H groups in total. The smallest absolute Gasteiger partial charge is 0.331 e. The number of morpholine rings is 1. The van der Waals surface area contributed by atoms with E-state index in [9.17, 15) is 23.3 Å². The minimum atomic E-state index is -3.60. The van der Waals surface area contributed by atoms with Crippen LogP contribution in [0, 0.1) is 11.3 Å². The number of sulfonamides is 1. The largest absolute Gasteiger partial charge is 0.452 e. The van der Waals surface area contributed by atoms with E-state index in [1.807, 2.05) is 6.07 Å². The van der Waals surface area contributed by atoms with Crippen LogP contribution in [0.2, 0.25) is 0 Å². The number of rotatable bonds is 7. The fraction of sp³-hybridized carbons (Fsp3) is 0.208. The van der Waals surface area contributed by atoms with Gasteiger partial charge in [0.15, 0.2) is 6.61 Å². The van der Waals surface area contributed by atoms with Crippen molar-refractivity contribution in [3.63, 3.8) is 0 Å². The van der Waals surface area contributed by atoms with Crippen molar-refractivity contribution in [2.45, 2.75) is 4.90 Å². The summed E-state index contributed by atoms with van der Waals surface area (Å²) in [7, 11) is -3.60. The summed E-state index contributed by atoms with van der Waals surface area (Å²) >= 11 is 0. The predicted molar refractivity (Wildman–Crippen MR) is 126 cm³/mol. The number of carbonyl (C=O) groups excluding carboxylic acids is 2. The number of anilines is 1. The Balaban J connectivity index is 1.32. The molecule has 180 valence electrons. The van der Waals surface area contributed by atoms with Crippen LogP contribution in [0.1, 0.15) is 11.3 Å². The third-order valence-electron chi connectivity index (χ3n) is 5.21. The average Bonchev–Trinajstić information content (AvgIpc) is 3.24. The Morgan fingerprint density at radius 1 is 1.11 bits per heavy atom. The zero-order chi connectivity index (χ0) is 24.8. The van der Waals surface area contributed by atoms with E-state index < -0.39 is 28.5 Å². The van der Waals surface area contributed by atoms with Gasteiger partial charge in [0.2, 0.25) is 15.8 Å². The summed E-state index contributed by atoms with van der Waals surface area (Å²) < 4.78 is 42.2. The normalized spacial score (nSPS) is 14.6. The molecule has 1 saturated heterocycles. The van der Waals surface area contributed by atoms with Gasteiger partial charge >= 0.3 is 5.97 Å². The second-order valence-electron chi connectivity index (χ2n) is 7.49. The highest BCUT2D eigenvalue weighted by molar-refractivity contribution is 7.89. The summed E-state index contributed by atoms with van der Waals surface area (Å²) in [4.78, 5) is 24.4. The van der Waals surface area contributed by atoms with Crippen molar-refractivity contribution in [3.05, 3.63) is 65.9 Å². The number of carbonyl (C=O) groups is 2. The molecule has 0 radical (unpaired) electrons. The fourth-order valence-corrected chi connectivity index (χ4v) is 4.87. The molecule has 0 spiro atoms. The van der Waals surface area contributed by atoms with E-state index in [0.29, 0.717) is 42.8 Å². The zero-order valence-electron chi connectivity index (χ0n) is 18.5. The number of esters is 1. The Morgan fingerprint density at radius 3 is 2.54 bits per heavy atom. The maximum atomic E-state index is 12.7. The van der Waals surface area contributed by atoms with E-state index in [-0.39, 0.29) is 16.3 Å². The van der Waals surface area contributed by atoms with Gasteiger partial charge in [-0.2, -0.15) is 9.57 Å². The third-order valence-corrected chi connectivity index (χ3v) is 7.12. The van der Waals surface area contributed by atoms with Crippen molar-refractivity contribution in [3.8, 4) is 6.07 Å². The summed E-state index contributed by atoms with van der Waals surface area (Å²) in [6.07, 6.45) is 2.58. The SMILES string of the molecule is N#Cc1oc2ccccc2c1NC(=O)COC(=O)/C=C/c1ccc(S(=O)(=O)N2CCOCC2)cc1. The molecule has 1 aliphatic heterocycles. The first-order valence-corrected chi connectivity index (χ1v) is 12.1. The Morgan fingerprint density at radius 2 is 1.83 bits per heavy atom. The first kappa shape index (κ1) is 24.2. The lowest BCUT2D eigenvalue weighted by atomic mass is 10.2. The third kappa shape index (κ3) is 5.58. The Labute approximate surface area is 201 Å². The van der Waals surface area contributed by atoms with E-state index in [1.165, 1.54) is 22.5 Å². The summed E-state index contributed by atoms with van der Waals surface area (Å²) in [6, 6.07) is 14.8. The molecule has 0 saturated carbocycles. The maximum Gasteiger partial charge on any atom is 0.331 e. The number of hydrogen-bond acceptors (Lipinski definition) is 8. The van der Waals surface area contributed by atoms with Crippen LogP contribution in [-0.4, -0.2) is 57.5 Å². The maximum absolute atomic E-state index is 12.7. The van der Waals surface area contributed by atoms with Gasteiger partial charge in [-0.25, -0.2) is 13.2 Å². The lowest BCUT2D eigenvalue weighted by Gasteiger charge is -2.26. The summed E-state index contributed by atoms with van der Waals surface area (Å²) in [5.41, 5.74) is 1.24. The molecule has 4 rings (SSSR count). The average molecular weight is 496 g/mol. The molecule has 1 fully saturated rings. The van der Waals surface area contributed by atoms with Crippen LogP contribution >= 0.6 is 0 Å². The lowest BCUT2D eigenvalue weighted by Crippen LogP contribution is -2.40. The minimum Gasteiger partial charge on any atom is -0.452 e. The number of para-hydroxylation sites is 1. The quantitative estimate of drug-likeness (QED) is 0.390. The van der Waals surface area contributed by atoms with Gasteiger partial charge in [0.25, 0.3) is 5.91 Å². The van der Waals surface area contributed by atoms with E-state index in [1.54, 1.807) is 36.4 Å². The molecule has 1 aromatic heterocycles. The van der Waals surface area contributed by atoms with Gasteiger partial charge < -0.3 is 19.2 Å². The highest BCUT2D eigenvalue weighted by atomic mass is 32.2. The van der Waals surface area contributed by atoms with E-state index >= 15 is 0 Å². The monoisotopic (exact) mass is 495 g/mol. The summed E-state index contributed by atoms with van der Waals surface area (Å²) in [5.74, 6) is -1.44. The van der Waals surface area contributed by atoms with E-state index in [2.05, 4.69) is 5.32 Å². The predicted octanol–water partition coefficient (Wildman–Crippen LogP) is 2.52. The fourth-order valence-electron chi connectivity index (χ4n) is 3.46. The number of furan rings is 1. The van der Waals surface area contributed by atoms with Gasteiger partial charge in [0.05, 0.1) is 18.1 Å². The molecule has 2 heterocycles. The molecule has 0 unspecified atom stereocenters. The first-order valence-electron chi connectivity index (χ1n) is 10.6. The van der Waals surface area contributed by atoms with Crippen molar-refractivity contribution >= 4 is 44.6 Å². The minimum absolute atomic E-state index is 0.0511. The Kier molecular flexibility index (Phi) is 7.26. The molecule has 0 atom stereocenters. The molecular formula is C24H21N3O7S. The molecule has 35 heavy (non-hydrogen) atoms. The van der Waals surface area contributed by atoms with Crippen LogP contribution in [0.4, 0.5) is 5.69 Å². The molecule has 2 aromatic carbocycles. The van der Waals surface area contributed by atoms with Crippen LogP contribution in [0.5, 0.6) is 0 Å². The van der Waals surface area contributed by atoms with Crippen LogP contribution in [0.25, 0.3) is 17.0 Å². The topological polar surface area (TPSA) is 139 Å². The van der Waals surface area contributed by atoms with E-state index in [0.717, 1.165) is 6.08 Å². The first-order chi connectivity index (χ1) is 16.9. The van der Waals surface area contributed by atoms with Gasteiger partial charge in [-0.3, -0.25) is 4.79 Å².